The van der Waals surface area contributed by atoms with E-state index in [1.165, 1.54) is 60.7 Å². The highest BCUT2D eigenvalue weighted by Gasteiger charge is 2.22. The molecule has 216 valence electrons. The number of rotatable bonds is 7. The van der Waals surface area contributed by atoms with Crippen molar-refractivity contribution in [3.63, 3.8) is 0 Å². The maximum Gasteiger partial charge on any atom is 0.337 e. The van der Waals surface area contributed by atoms with Crippen LogP contribution in [0.15, 0.2) is 98.1 Å². The van der Waals surface area contributed by atoms with Crippen LogP contribution in [0, 0.1) is 6.92 Å². The Bertz CT molecular complexity index is 2160. The molecule has 6 N–H and O–H groups in total. The van der Waals surface area contributed by atoms with E-state index in [9.17, 15) is 37.9 Å². The van der Waals surface area contributed by atoms with Gasteiger partial charge in [-0.3, -0.25) is 4.55 Å². The summed E-state index contributed by atoms with van der Waals surface area (Å²) < 4.78 is 34.2. The third-order valence-electron chi connectivity index (χ3n) is 6.48. The number of aryl methyl sites for hydroxylation is 1. The first-order valence-electron chi connectivity index (χ1n) is 12.3. The van der Waals surface area contributed by atoms with Crippen LogP contribution >= 0.6 is 0 Å². The third kappa shape index (κ3) is 5.72. The van der Waals surface area contributed by atoms with Gasteiger partial charge in [0.15, 0.2) is 5.75 Å². The molecule has 13 nitrogen and oxygen atoms in total. The molecule has 5 rings (SSSR count). The van der Waals surface area contributed by atoms with E-state index in [4.69, 9.17) is 5.73 Å². The van der Waals surface area contributed by atoms with Crippen molar-refractivity contribution >= 4 is 72.0 Å². The lowest BCUT2D eigenvalue weighted by Gasteiger charge is -2.10. The number of anilines is 1. The first-order valence-corrected chi connectivity index (χ1v) is 13.8. The molecule has 0 amide bonds. The van der Waals surface area contributed by atoms with Crippen molar-refractivity contribution < 1.29 is 37.9 Å². The summed E-state index contributed by atoms with van der Waals surface area (Å²) in [5.74, 6) is -3.01. The molecule has 0 atom stereocenters. The van der Waals surface area contributed by atoms with Crippen molar-refractivity contribution in [1.82, 2.24) is 0 Å². The average Bonchev–Trinajstić information content (AvgIpc) is 2.95. The minimum atomic E-state index is -4.85. The lowest BCUT2D eigenvalue weighted by molar-refractivity contribution is 0.0686. The van der Waals surface area contributed by atoms with Crippen LogP contribution in [0.2, 0.25) is 0 Å². The molecule has 0 unspecified atom stereocenters. The summed E-state index contributed by atoms with van der Waals surface area (Å²) in [6.07, 6.45) is 0. The number of phenols is 1. The van der Waals surface area contributed by atoms with E-state index in [1.807, 2.05) is 0 Å². The van der Waals surface area contributed by atoms with Crippen LogP contribution in [-0.2, 0) is 10.1 Å². The van der Waals surface area contributed by atoms with Crippen molar-refractivity contribution in [2.75, 3.05) is 5.73 Å². The summed E-state index contributed by atoms with van der Waals surface area (Å²) in [5.41, 5.74) is 6.49. The zero-order chi connectivity index (χ0) is 31.1. The summed E-state index contributed by atoms with van der Waals surface area (Å²) in [6.45, 7) is 1.73. The van der Waals surface area contributed by atoms with Crippen LogP contribution < -0.4 is 5.73 Å². The lowest BCUT2D eigenvalue weighted by atomic mass is 10.0. The van der Waals surface area contributed by atoms with E-state index in [2.05, 4.69) is 20.5 Å². The van der Waals surface area contributed by atoms with Gasteiger partial charge in [0.2, 0.25) is 0 Å². The molecule has 0 bridgehead atoms. The first-order chi connectivity index (χ1) is 20.3. The fourth-order valence-electron chi connectivity index (χ4n) is 4.40. The van der Waals surface area contributed by atoms with Gasteiger partial charge in [-0.2, -0.15) is 8.42 Å². The molecule has 0 heterocycles. The number of aromatic hydroxyl groups is 1. The van der Waals surface area contributed by atoms with E-state index in [0.717, 1.165) is 6.07 Å². The summed E-state index contributed by atoms with van der Waals surface area (Å²) in [5, 5.41) is 47.3. The van der Waals surface area contributed by atoms with Crippen LogP contribution in [0.5, 0.6) is 5.75 Å². The van der Waals surface area contributed by atoms with Crippen molar-refractivity contribution in [2.45, 2.75) is 11.8 Å². The van der Waals surface area contributed by atoms with Crippen LogP contribution in [-0.4, -0.2) is 40.2 Å². The van der Waals surface area contributed by atoms with Crippen molar-refractivity contribution in [2.24, 2.45) is 20.5 Å². The molecular formula is C29H21N5O8S. The predicted molar refractivity (Wildman–Crippen MR) is 157 cm³/mol. The number of carbonyl (C=O) groups is 2. The molecular weight excluding hydrogens is 578 g/mol. The second-order valence-corrected chi connectivity index (χ2v) is 10.8. The van der Waals surface area contributed by atoms with Crippen LogP contribution in [0.4, 0.5) is 28.4 Å². The molecule has 14 heteroatoms. The smallest absolute Gasteiger partial charge is 0.337 e. The summed E-state index contributed by atoms with van der Waals surface area (Å²) in [4.78, 5) is 22.7. The molecule has 0 radical (unpaired) electrons. The fourth-order valence-corrected chi connectivity index (χ4v) is 5.05. The average molecular weight is 600 g/mol. The van der Waals surface area contributed by atoms with Gasteiger partial charge < -0.3 is 21.1 Å². The third-order valence-corrected chi connectivity index (χ3v) is 7.34. The first kappa shape index (κ1) is 28.8. The molecule has 0 spiro atoms. The molecule has 43 heavy (non-hydrogen) atoms. The van der Waals surface area contributed by atoms with Gasteiger partial charge in [-0.1, -0.05) is 23.8 Å². The van der Waals surface area contributed by atoms with E-state index in [0.29, 0.717) is 10.9 Å². The Morgan fingerprint density at radius 2 is 1.37 bits per heavy atom. The molecule has 0 saturated heterocycles. The SMILES string of the molecule is Cc1ccc(/N=N/c2ccc(/N=N/c3c(S(=O)(=O)O)cc4ccc(N)cc4c3O)c3ccc(C(=O)O)cc23)c(C(=O)O)c1. The Kier molecular flexibility index (Phi) is 7.31. The minimum absolute atomic E-state index is 0.0729. The Morgan fingerprint density at radius 3 is 2.05 bits per heavy atom. The van der Waals surface area contributed by atoms with Gasteiger partial charge in [0.25, 0.3) is 10.1 Å². The number of phenolic OH excluding ortho intramolecular Hbond substituents is 1. The van der Waals surface area contributed by atoms with Gasteiger partial charge in [0, 0.05) is 21.8 Å². The van der Waals surface area contributed by atoms with Crippen LogP contribution in [0.1, 0.15) is 26.3 Å². The van der Waals surface area contributed by atoms with E-state index in [-0.39, 0.29) is 50.0 Å². The largest absolute Gasteiger partial charge is 0.505 e. The van der Waals surface area contributed by atoms with Gasteiger partial charge in [0.1, 0.15) is 16.3 Å². The van der Waals surface area contributed by atoms with Gasteiger partial charge >= 0.3 is 11.9 Å². The number of nitrogens with zero attached hydrogens (tertiary/aromatic N) is 4. The van der Waals surface area contributed by atoms with Crippen molar-refractivity contribution in [3.8, 4) is 5.75 Å². The second-order valence-electron chi connectivity index (χ2n) is 9.42. The number of benzene rings is 5. The predicted octanol–water partition coefficient (Wildman–Crippen LogP) is 7.06. The molecule has 5 aromatic carbocycles. The minimum Gasteiger partial charge on any atom is -0.505 e. The summed E-state index contributed by atoms with van der Waals surface area (Å²) in [7, 11) is -4.85. The molecule has 0 aromatic heterocycles. The van der Waals surface area contributed by atoms with E-state index >= 15 is 0 Å². The highest BCUT2D eigenvalue weighted by Crippen LogP contribution is 2.43. The van der Waals surface area contributed by atoms with Crippen molar-refractivity contribution in [1.29, 1.82) is 0 Å². The maximum absolute atomic E-state index is 12.2. The quantitative estimate of drug-likeness (QED) is 0.0731. The van der Waals surface area contributed by atoms with E-state index < -0.39 is 38.4 Å². The number of carboxylic acids is 2. The fraction of sp³-hybridized carbons (Fsp3) is 0.0345. The van der Waals surface area contributed by atoms with Gasteiger partial charge in [-0.15, -0.1) is 20.5 Å². The molecule has 0 saturated carbocycles. The Balaban J connectivity index is 1.67. The molecule has 0 aliphatic rings. The normalized spacial score (nSPS) is 12.0. The van der Waals surface area contributed by atoms with Crippen molar-refractivity contribution in [3.05, 3.63) is 89.5 Å². The van der Waals surface area contributed by atoms with Crippen LogP contribution in [0.25, 0.3) is 21.5 Å². The number of hydrogen-bond acceptors (Lipinski definition) is 10. The van der Waals surface area contributed by atoms with Gasteiger partial charge in [0.05, 0.1) is 22.5 Å². The monoisotopic (exact) mass is 599 g/mol. The van der Waals surface area contributed by atoms with Gasteiger partial charge in [-0.05, 0) is 66.9 Å². The molecule has 5 aromatic rings. The highest BCUT2D eigenvalue weighted by molar-refractivity contribution is 7.86. The van der Waals surface area contributed by atoms with E-state index in [1.54, 1.807) is 13.0 Å². The second kappa shape index (κ2) is 10.9. The number of fused-ring (bicyclic) bond motifs is 2. The zero-order valence-electron chi connectivity index (χ0n) is 22.1. The number of aromatic carboxylic acids is 2. The molecule has 0 fully saturated rings. The maximum atomic E-state index is 12.2. The summed E-state index contributed by atoms with van der Waals surface area (Å²) >= 11 is 0. The number of nitrogens with two attached hydrogens (primary N) is 1. The number of hydrogen-bond donors (Lipinski definition) is 5. The van der Waals surface area contributed by atoms with Crippen LogP contribution in [0.3, 0.4) is 0 Å². The Morgan fingerprint density at radius 1 is 0.721 bits per heavy atom. The lowest BCUT2D eigenvalue weighted by Crippen LogP contribution is -1.99. The molecule has 0 aliphatic carbocycles. The Labute approximate surface area is 243 Å². The van der Waals surface area contributed by atoms with Gasteiger partial charge in [-0.25, -0.2) is 9.59 Å². The topological polar surface area (TPSA) is 225 Å². The standard InChI is InChI=1S/C29H21N5O8S/c1-14-2-7-24(21(10-14)29(38)39)32-31-23-9-8-22(18-6-4-16(28(36)37)11-20(18)23)33-34-26-25(43(40,41)42)12-15-3-5-17(30)13-19(15)27(26)35/h2-13,35H,30H2,1H3,(H,36,37)(H,38,39)(H,40,41,42)/b32-31+,34-33+. The highest BCUT2D eigenvalue weighted by atomic mass is 32.2. The number of azo groups is 2. The number of nitrogen functional groups attached to an aromatic ring is 1. The summed E-state index contributed by atoms with van der Waals surface area (Å²) in [6, 6.07) is 17.0. The zero-order valence-corrected chi connectivity index (χ0v) is 22.9. The number of carboxylic acid groups (broad SMARTS) is 2. The molecule has 0 aliphatic heterocycles. The Hall–Kier alpha value is -5.73.